The van der Waals surface area contributed by atoms with Crippen molar-refractivity contribution in [3.8, 4) is 0 Å². The molecule has 0 bridgehead atoms. The van der Waals surface area contributed by atoms with Gasteiger partial charge in [-0.05, 0) is 48.0 Å². The van der Waals surface area contributed by atoms with Crippen LogP contribution in [0.3, 0.4) is 0 Å². The lowest BCUT2D eigenvalue weighted by Crippen LogP contribution is -2.14. The molecule has 1 aromatic rings. The van der Waals surface area contributed by atoms with Crippen molar-refractivity contribution in [3.05, 3.63) is 41.0 Å². The van der Waals surface area contributed by atoms with Crippen LogP contribution < -0.4 is 0 Å². The minimum atomic E-state index is -0.175. The first-order chi connectivity index (χ1) is 6.86. The van der Waals surface area contributed by atoms with Gasteiger partial charge < -0.3 is 5.11 Å². The van der Waals surface area contributed by atoms with Crippen molar-refractivity contribution in [1.29, 1.82) is 0 Å². The fourth-order valence-electron chi connectivity index (χ4n) is 2.71. The van der Waals surface area contributed by atoms with Gasteiger partial charge in [0.05, 0.1) is 6.10 Å². The highest BCUT2D eigenvalue weighted by molar-refractivity contribution is 5.77. The predicted molar refractivity (Wildman–Crippen MR) is 56.9 cm³/mol. The Kier molecular flexibility index (Phi) is 1.74. The molecule has 1 nitrogen and oxygen atoms in total. The topological polar surface area (TPSA) is 20.2 Å². The van der Waals surface area contributed by atoms with Crippen molar-refractivity contribution < 1.29 is 5.11 Å². The molecular weight excluding hydrogens is 172 g/mol. The summed E-state index contributed by atoms with van der Waals surface area (Å²) in [4.78, 5) is 0. The Morgan fingerprint density at radius 2 is 2.07 bits per heavy atom. The maximum atomic E-state index is 9.89. The molecule has 0 heterocycles. The zero-order valence-corrected chi connectivity index (χ0v) is 8.16. The molecule has 1 unspecified atom stereocenters. The van der Waals surface area contributed by atoms with Crippen molar-refractivity contribution in [2.45, 2.75) is 31.8 Å². The second kappa shape index (κ2) is 2.96. The first-order valence-corrected chi connectivity index (χ1v) is 5.34. The molecule has 72 valence electrons. The number of aliphatic hydroxyl groups is 1. The van der Waals surface area contributed by atoms with E-state index >= 15 is 0 Å². The van der Waals surface area contributed by atoms with Crippen LogP contribution in [0, 0.1) is 0 Å². The van der Waals surface area contributed by atoms with Gasteiger partial charge in [0.25, 0.3) is 0 Å². The van der Waals surface area contributed by atoms with E-state index in [9.17, 15) is 5.11 Å². The summed E-state index contributed by atoms with van der Waals surface area (Å²) in [5.41, 5.74) is 5.51. The molecular formula is C13H14O. The summed E-state index contributed by atoms with van der Waals surface area (Å²) >= 11 is 0. The van der Waals surface area contributed by atoms with E-state index in [1.807, 2.05) is 0 Å². The van der Waals surface area contributed by atoms with E-state index in [1.165, 1.54) is 22.3 Å². The van der Waals surface area contributed by atoms with E-state index < -0.39 is 0 Å². The third-order valence-electron chi connectivity index (χ3n) is 3.42. The fourth-order valence-corrected chi connectivity index (χ4v) is 2.71. The summed E-state index contributed by atoms with van der Waals surface area (Å²) in [6.45, 7) is 0. The van der Waals surface area contributed by atoms with Gasteiger partial charge in [0.1, 0.15) is 0 Å². The first-order valence-electron chi connectivity index (χ1n) is 5.34. The summed E-state index contributed by atoms with van der Waals surface area (Å²) in [7, 11) is 0. The van der Waals surface area contributed by atoms with Crippen LogP contribution in [0.15, 0.2) is 29.8 Å². The third kappa shape index (κ3) is 1.05. The number of hydrogen-bond donors (Lipinski definition) is 1. The molecule has 0 spiro atoms. The molecule has 0 amide bonds. The monoisotopic (exact) mass is 186 g/mol. The van der Waals surface area contributed by atoms with Gasteiger partial charge in [0.15, 0.2) is 0 Å². The van der Waals surface area contributed by atoms with Crippen molar-refractivity contribution in [3.63, 3.8) is 0 Å². The van der Waals surface area contributed by atoms with E-state index in [0.29, 0.717) is 0 Å². The van der Waals surface area contributed by atoms with Crippen molar-refractivity contribution in [2.75, 3.05) is 0 Å². The van der Waals surface area contributed by atoms with Crippen LogP contribution in [0.5, 0.6) is 0 Å². The maximum Gasteiger partial charge on any atom is 0.0759 e. The molecule has 0 saturated carbocycles. The van der Waals surface area contributed by atoms with Crippen LogP contribution in [0.1, 0.15) is 30.4 Å². The third-order valence-corrected chi connectivity index (χ3v) is 3.42. The largest absolute Gasteiger partial charge is 0.389 e. The number of hydrogen-bond acceptors (Lipinski definition) is 1. The molecule has 1 aromatic carbocycles. The summed E-state index contributed by atoms with van der Waals surface area (Å²) in [5, 5.41) is 9.89. The van der Waals surface area contributed by atoms with Gasteiger partial charge in [-0.1, -0.05) is 24.3 Å². The highest BCUT2D eigenvalue weighted by atomic mass is 16.3. The summed E-state index contributed by atoms with van der Waals surface area (Å²) in [6.07, 6.45) is 4.04. The van der Waals surface area contributed by atoms with E-state index in [1.54, 1.807) is 0 Å². The molecule has 1 heteroatoms. The highest BCUT2D eigenvalue weighted by Gasteiger charge is 2.28. The fraction of sp³-hybridized carbons (Fsp3) is 0.385. The van der Waals surface area contributed by atoms with Crippen LogP contribution in [-0.2, 0) is 6.42 Å². The summed E-state index contributed by atoms with van der Waals surface area (Å²) in [6, 6.07) is 8.55. The van der Waals surface area contributed by atoms with Crippen molar-refractivity contribution >= 4 is 5.57 Å². The molecule has 1 atom stereocenters. The molecule has 2 aliphatic carbocycles. The van der Waals surface area contributed by atoms with Gasteiger partial charge in [-0.2, -0.15) is 0 Å². The van der Waals surface area contributed by atoms with Crippen LogP contribution in [0.2, 0.25) is 0 Å². The van der Waals surface area contributed by atoms with E-state index in [4.69, 9.17) is 0 Å². The lowest BCUT2D eigenvalue weighted by atomic mass is 9.90. The minimum absolute atomic E-state index is 0.175. The summed E-state index contributed by atoms with van der Waals surface area (Å²) in [5.74, 6) is 0. The Morgan fingerprint density at radius 1 is 1.21 bits per heavy atom. The van der Waals surface area contributed by atoms with E-state index in [-0.39, 0.29) is 6.10 Å². The number of rotatable bonds is 0. The second-order valence-corrected chi connectivity index (χ2v) is 4.25. The van der Waals surface area contributed by atoms with E-state index in [2.05, 4.69) is 24.3 Å². The zero-order valence-electron chi connectivity index (χ0n) is 8.16. The molecule has 3 rings (SSSR count). The molecule has 1 N–H and O–H groups in total. The second-order valence-electron chi connectivity index (χ2n) is 4.25. The van der Waals surface area contributed by atoms with Crippen LogP contribution >= 0.6 is 0 Å². The van der Waals surface area contributed by atoms with E-state index in [0.717, 1.165) is 25.7 Å². The minimum Gasteiger partial charge on any atom is -0.389 e. The highest BCUT2D eigenvalue weighted by Crippen LogP contribution is 2.41. The van der Waals surface area contributed by atoms with Crippen molar-refractivity contribution in [1.82, 2.24) is 0 Å². The molecule has 0 aliphatic heterocycles. The van der Waals surface area contributed by atoms with Crippen LogP contribution in [0.25, 0.3) is 5.57 Å². The molecule has 2 aliphatic rings. The van der Waals surface area contributed by atoms with Gasteiger partial charge in [0, 0.05) is 0 Å². The number of allylic oxidation sites excluding steroid dienone is 1. The molecule has 0 saturated heterocycles. The lowest BCUT2D eigenvalue weighted by molar-refractivity contribution is 0.191. The first kappa shape index (κ1) is 8.25. The van der Waals surface area contributed by atoms with Crippen LogP contribution in [0.4, 0.5) is 0 Å². The van der Waals surface area contributed by atoms with Gasteiger partial charge in [-0.3, -0.25) is 0 Å². The molecule has 0 aromatic heterocycles. The predicted octanol–water partition coefficient (Wildman–Crippen LogP) is 2.54. The Balaban J connectivity index is 2.12. The Bertz CT molecular complexity index is 403. The van der Waals surface area contributed by atoms with Crippen molar-refractivity contribution in [2.24, 2.45) is 0 Å². The standard InChI is InChI=1S/C13H14O/c14-13-7-3-6-11-10-5-2-1-4-9(10)8-12(11)13/h1-2,4-5,13-14H,3,6-8H2. The SMILES string of the molecule is OC1CCCC2=C1Cc1ccccc12. The Labute approximate surface area is 84.1 Å². The number of aliphatic hydroxyl groups excluding tert-OH is 1. The van der Waals surface area contributed by atoms with Gasteiger partial charge in [-0.25, -0.2) is 0 Å². The number of fused-ring (bicyclic) bond motifs is 2. The average molecular weight is 186 g/mol. The Hall–Kier alpha value is -1.08. The smallest absolute Gasteiger partial charge is 0.0759 e. The maximum absolute atomic E-state index is 9.89. The van der Waals surface area contributed by atoms with Crippen LogP contribution in [-0.4, -0.2) is 11.2 Å². The normalized spacial score (nSPS) is 24.8. The van der Waals surface area contributed by atoms with Gasteiger partial charge >= 0.3 is 0 Å². The number of benzene rings is 1. The zero-order chi connectivity index (χ0) is 9.54. The molecule has 0 fully saturated rings. The summed E-state index contributed by atoms with van der Waals surface area (Å²) < 4.78 is 0. The lowest BCUT2D eigenvalue weighted by Gasteiger charge is -2.20. The molecule has 0 radical (unpaired) electrons. The molecule has 14 heavy (non-hydrogen) atoms. The quantitative estimate of drug-likeness (QED) is 0.660. The van der Waals surface area contributed by atoms with Gasteiger partial charge in [0.2, 0.25) is 0 Å². The average Bonchev–Trinajstić information content (AvgIpc) is 2.59. The Morgan fingerprint density at radius 3 is 3.00 bits per heavy atom. The van der Waals surface area contributed by atoms with Gasteiger partial charge in [-0.15, -0.1) is 0 Å².